The number of hydrogen-bond donors (Lipinski definition) is 2. The van der Waals surface area contributed by atoms with Gasteiger partial charge in [0.1, 0.15) is 16.4 Å². The molecule has 0 fully saturated rings. The number of thiophene rings is 1. The van der Waals surface area contributed by atoms with E-state index in [0.717, 1.165) is 28.1 Å². The van der Waals surface area contributed by atoms with Gasteiger partial charge in [0.25, 0.3) is 11.5 Å². The van der Waals surface area contributed by atoms with Gasteiger partial charge in [0.15, 0.2) is 0 Å². The molecule has 31 heavy (non-hydrogen) atoms. The number of anilines is 1. The van der Waals surface area contributed by atoms with Gasteiger partial charge in [0.05, 0.1) is 17.4 Å². The quantitative estimate of drug-likeness (QED) is 0.475. The van der Waals surface area contributed by atoms with Crippen LogP contribution < -0.4 is 15.6 Å². The highest BCUT2D eigenvalue weighted by Crippen LogP contribution is 2.28. The van der Waals surface area contributed by atoms with Gasteiger partial charge >= 0.3 is 0 Å². The van der Waals surface area contributed by atoms with Crippen molar-refractivity contribution in [1.29, 1.82) is 0 Å². The van der Waals surface area contributed by atoms with Gasteiger partial charge in [-0.25, -0.2) is 4.98 Å². The molecule has 4 rings (SSSR count). The molecule has 0 aliphatic rings. The van der Waals surface area contributed by atoms with Crippen LogP contribution in [0.25, 0.3) is 10.2 Å². The Morgan fingerprint density at radius 3 is 2.55 bits per heavy atom. The number of carbonyl (C=O) groups excluding carboxylic acids is 1. The van der Waals surface area contributed by atoms with Crippen molar-refractivity contribution in [3.8, 4) is 5.75 Å². The molecule has 0 unspecified atom stereocenters. The molecule has 0 saturated carbocycles. The third-order valence-corrected chi connectivity index (χ3v) is 6.40. The Kier molecular flexibility index (Phi) is 5.61. The number of carbonyl (C=O) groups is 1. The molecular formula is C24H23N3O3S. The van der Waals surface area contributed by atoms with E-state index in [0.29, 0.717) is 32.9 Å². The fourth-order valence-electron chi connectivity index (χ4n) is 3.56. The van der Waals surface area contributed by atoms with Crippen LogP contribution in [0.2, 0.25) is 0 Å². The molecule has 0 aliphatic heterocycles. The van der Waals surface area contributed by atoms with Crippen LogP contribution in [0.1, 0.15) is 37.7 Å². The smallest absolute Gasteiger partial charge is 0.266 e. The molecule has 6 nitrogen and oxygen atoms in total. The van der Waals surface area contributed by atoms with E-state index in [4.69, 9.17) is 4.74 Å². The normalized spacial score (nSPS) is 11.0. The third kappa shape index (κ3) is 4.22. The zero-order valence-electron chi connectivity index (χ0n) is 17.8. The number of hydrogen-bond acceptors (Lipinski definition) is 5. The topological polar surface area (TPSA) is 84.1 Å². The Balaban J connectivity index is 1.65. The summed E-state index contributed by atoms with van der Waals surface area (Å²) in [7, 11) is 1.62. The van der Waals surface area contributed by atoms with Crippen LogP contribution in [0, 0.1) is 20.8 Å². The Morgan fingerprint density at radius 1 is 1.13 bits per heavy atom. The molecule has 2 aromatic heterocycles. The van der Waals surface area contributed by atoms with E-state index in [1.54, 1.807) is 14.0 Å². The highest BCUT2D eigenvalue weighted by Gasteiger charge is 2.20. The van der Waals surface area contributed by atoms with Gasteiger partial charge in [0.2, 0.25) is 0 Å². The van der Waals surface area contributed by atoms with E-state index in [2.05, 4.69) is 15.3 Å². The van der Waals surface area contributed by atoms with Crippen LogP contribution in [0.15, 0.2) is 47.3 Å². The van der Waals surface area contributed by atoms with Crippen molar-refractivity contribution < 1.29 is 9.53 Å². The molecule has 1 amide bonds. The summed E-state index contributed by atoms with van der Waals surface area (Å²) in [5.41, 5.74) is 4.30. The minimum absolute atomic E-state index is 0.229. The number of nitrogens with one attached hydrogen (secondary N) is 2. The number of rotatable bonds is 5. The highest BCUT2D eigenvalue weighted by molar-refractivity contribution is 7.20. The average molecular weight is 434 g/mol. The van der Waals surface area contributed by atoms with Gasteiger partial charge in [-0.2, -0.15) is 0 Å². The van der Waals surface area contributed by atoms with E-state index in [9.17, 15) is 9.59 Å². The predicted molar refractivity (Wildman–Crippen MR) is 125 cm³/mol. The molecular weight excluding hydrogens is 410 g/mol. The SMILES string of the molecule is COc1ccc(Cc2nc3sc(C(=O)Nc4ccc(C)cc4C)c(C)c3c(=O)[nH]2)cc1. The Bertz CT molecular complexity index is 1340. The third-order valence-electron chi connectivity index (χ3n) is 5.22. The first kappa shape index (κ1) is 20.8. The highest BCUT2D eigenvalue weighted by atomic mass is 32.1. The van der Waals surface area contributed by atoms with Crippen LogP contribution in [0.5, 0.6) is 5.75 Å². The number of fused-ring (bicyclic) bond motifs is 1. The molecule has 0 atom stereocenters. The molecule has 0 saturated heterocycles. The molecule has 7 heteroatoms. The number of aryl methyl sites for hydroxylation is 3. The molecule has 0 spiro atoms. The number of aromatic amines is 1. The maximum absolute atomic E-state index is 12.9. The summed E-state index contributed by atoms with van der Waals surface area (Å²) in [6.45, 7) is 5.75. The zero-order valence-corrected chi connectivity index (χ0v) is 18.6. The summed E-state index contributed by atoms with van der Waals surface area (Å²) in [5, 5.41) is 3.43. The van der Waals surface area contributed by atoms with E-state index in [-0.39, 0.29) is 11.5 Å². The van der Waals surface area contributed by atoms with E-state index < -0.39 is 0 Å². The molecule has 2 N–H and O–H groups in total. The predicted octanol–water partition coefficient (Wildman–Crippen LogP) is 4.76. The summed E-state index contributed by atoms with van der Waals surface area (Å²) < 4.78 is 5.18. The van der Waals surface area contributed by atoms with Gasteiger partial charge in [-0.1, -0.05) is 29.8 Å². The maximum atomic E-state index is 12.9. The minimum Gasteiger partial charge on any atom is -0.497 e. The summed E-state index contributed by atoms with van der Waals surface area (Å²) in [4.78, 5) is 34.2. The number of benzene rings is 2. The first-order valence-corrected chi connectivity index (χ1v) is 10.7. The summed E-state index contributed by atoms with van der Waals surface area (Å²) in [6.07, 6.45) is 0.482. The Hall–Kier alpha value is -3.45. The van der Waals surface area contributed by atoms with Crippen molar-refractivity contribution in [2.75, 3.05) is 12.4 Å². The van der Waals surface area contributed by atoms with E-state index in [1.807, 2.05) is 56.3 Å². The molecule has 2 heterocycles. The van der Waals surface area contributed by atoms with Gasteiger partial charge in [-0.3, -0.25) is 9.59 Å². The van der Waals surface area contributed by atoms with Gasteiger partial charge < -0.3 is 15.0 Å². The standard InChI is InChI=1S/C24H23N3O3S/c1-13-5-10-18(14(2)11-13)25-23(29)21-15(3)20-22(28)26-19(27-24(20)31-21)12-16-6-8-17(30-4)9-7-16/h5-11H,12H2,1-4H3,(H,25,29)(H,26,27,28). The van der Waals surface area contributed by atoms with Crippen molar-refractivity contribution in [2.24, 2.45) is 0 Å². The monoisotopic (exact) mass is 433 g/mol. The molecule has 2 aromatic carbocycles. The van der Waals surface area contributed by atoms with Crippen molar-refractivity contribution in [3.63, 3.8) is 0 Å². The Morgan fingerprint density at radius 2 is 1.87 bits per heavy atom. The second-order valence-corrected chi connectivity index (χ2v) is 8.55. The zero-order chi connectivity index (χ0) is 22.1. The second-order valence-electron chi connectivity index (χ2n) is 7.55. The maximum Gasteiger partial charge on any atom is 0.266 e. The van der Waals surface area contributed by atoms with Crippen LogP contribution in [-0.2, 0) is 6.42 Å². The first-order valence-electron chi connectivity index (χ1n) is 9.89. The summed E-state index contributed by atoms with van der Waals surface area (Å²) >= 11 is 1.24. The number of methoxy groups -OCH3 is 1. The van der Waals surface area contributed by atoms with Crippen LogP contribution in [0.3, 0.4) is 0 Å². The van der Waals surface area contributed by atoms with Crippen molar-refractivity contribution >= 4 is 33.1 Å². The number of amides is 1. The Labute approximate surface area is 183 Å². The van der Waals surface area contributed by atoms with Gasteiger partial charge in [0, 0.05) is 12.1 Å². The molecule has 0 bridgehead atoms. The van der Waals surface area contributed by atoms with Gasteiger partial charge in [-0.15, -0.1) is 11.3 Å². The number of ether oxygens (including phenoxy) is 1. The van der Waals surface area contributed by atoms with Crippen LogP contribution in [-0.4, -0.2) is 23.0 Å². The van der Waals surface area contributed by atoms with Gasteiger partial charge in [-0.05, 0) is 55.7 Å². The lowest BCUT2D eigenvalue weighted by molar-refractivity contribution is 0.103. The fourth-order valence-corrected chi connectivity index (χ4v) is 4.65. The lowest BCUT2D eigenvalue weighted by Gasteiger charge is -2.08. The van der Waals surface area contributed by atoms with E-state index in [1.165, 1.54) is 11.3 Å². The van der Waals surface area contributed by atoms with Crippen LogP contribution in [0.4, 0.5) is 5.69 Å². The largest absolute Gasteiger partial charge is 0.497 e. The van der Waals surface area contributed by atoms with Crippen LogP contribution >= 0.6 is 11.3 Å². The second kappa shape index (κ2) is 8.35. The summed E-state index contributed by atoms with van der Waals surface area (Å²) in [6, 6.07) is 13.5. The number of H-pyrrole nitrogens is 1. The molecule has 0 radical (unpaired) electrons. The lowest BCUT2D eigenvalue weighted by atomic mass is 10.1. The molecule has 158 valence electrons. The van der Waals surface area contributed by atoms with Crippen molar-refractivity contribution in [1.82, 2.24) is 9.97 Å². The molecule has 0 aliphatic carbocycles. The lowest BCUT2D eigenvalue weighted by Crippen LogP contribution is -2.14. The van der Waals surface area contributed by atoms with Crippen molar-refractivity contribution in [2.45, 2.75) is 27.2 Å². The number of nitrogens with zero attached hydrogens (tertiary/aromatic N) is 1. The number of aromatic nitrogens is 2. The first-order chi connectivity index (χ1) is 14.9. The van der Waals surface area contributed by atoms with E-state index >= 15 is 0 Å². The summed E-state index contributed by atoms with van der Waals surface area (Å²) in [5.74, 6) is 1.10. The average Bonchev–Trinajstić information content (AvgIpc) is 3.07. The minimum atomic E-state index is -0.233. The van der Waals surface area contributed by atoms with Crippen molar-refractivity contribution in [3.05, 3.63) is 85.8 Å². The fraction of sp³-hybridized carbons (Fsp3) is 0.208. The molecule has 4 aromatic rings.